The molecule has 1 aromatic rings. The number of benzene rings is 1. The molecule has 0 radical (unpaired) electrons. The maximum atomic E-state index is 11.8. The van der Waals surface area contributed by atoms with Gasteiger partial charge in [-0.25, -0.2) is 4.79 Å². The number of carboxylic acid groups (broad SMARTS) is 1. The standard InChI is InChI=1S/C13H10BrNO4/c1-7(13(18)19)4-5-15-10-6-8(14)2-3-9(10)11(16)12(15)17/h2-4,6H,5H2,1H3,(H,18,19). The van der Waals surface area contributed by atoms with Crippen LogP contribution < -0.4 is 4.90 Å². The number of carbonyl (C=O) groups is 3. The molecule has 1 aliphatic rings. The van der Waals surface area contributed by atoms with Crippen LogP contribution in [0.1, 0.15) is 17.3 Å². The fourth-order valence-corrected chi connectivity index (χ4v) is 2.11. The zero-order valence-electron chi connectivity index (χ0n) is 10.0. The summed E-state index contributed by atoms with van der Waals surface area (Å²) < 4.78 is 0.748. The summed E-state index contributed by atoms with van der Waals surface area (Å²) in [5.41, 5.74) is 0.970. The van der Waals surface area contributed by atoms with E-state index in [2.05, 4.69) is 15.9 Å². The first-order chi connectivity index (χ1) is 8.91. The van der Waals surface area contributed by atoms with Gasteiger partial charge in [-0.1, -0.05) is 22.0 Å². The molecule has 0 unspecified atom stereocenters. The Morgan fingerprint density at radius 3 is 2.74 bits per heavy atom. The van der Waals surface area contributed by atoms with Crippen LogP contribution in [0.3, 0.4) is 0 Å². The Kier molecular flexibility index (Phi) is 3.53. The molecule has 0 saturated carbocycles. The lowest BCUT2D eigenvalue weighted by atomic mass is 10.1. The Bertz CT molecular complexity index is 621. The van der Waals surface area contributed by atoms with Crippen molar-refractivity contribution in [2.45, 2.75) is 6.92 Å². The zero-order chi connectivity index (χ0) is 14.2. The molecular weight excluding hydrogens is 314 g/mol. The van der Waals surface area contributed by atoms with Crippen molar-refractivity contribution in [1.29, 1.82) is 0 Å². The fourth-order valence-electron chi connectivity index (χ4n) is 1.76. The molecule has 98 valence electrons. The quantitative estimate of drug-likeness (QED) is 0.682. The summed E-state index contributed by atoms with van der Waals surface area (Å²) in [5.74, 6) is -2.25. The topological polar surface area (TPSA) is 74.7 Å². The number of halogens is 1. The zero-order valence-corrected chi connectivity index (χ0v) is 11.6. The lowest BCUT2D eigenvalue weighted by Gasteiger charge is -2.14. The lowest BCUT2D eigenvalue weighted by molar-refractivity contribution is -0.132. The van der Waals surface area contributed by atoms with Gasteiger partial charge in [0.2, 0.25) is 0 Å². The molecule has 0 spiro atoms. The number of fused-ring (bicyclic) bond motifs is 1. The molecule has 1 N–H and O–H groups in total. The van der Waals surface area contributed by atoms with Crippen LogP contribution in [0.5, 0.6) is 0 Å². The average Bonchev–Trinajstić information content (AvgIpc) is 2.59. The van der Waals surface area contributed by atoms with Gasteiger partial charge in [0, 0.05) is 16.6 Å². The number of ketones is 1. The van der Waals surface area contributed by atoms with Crippen LogP contribution >= 0.6 is 15.9 Å². The number of hydrogen-bond donors (Lipinski definition) is 1. The van der Waals surface area contributed by atoms with Crippen LogP contribution in [-0.2, 0) is 9.59 Å². The van der Waals surface area contributed by atoms with Gasteiger partial charge in [0.05, 0.1) is 11.3 Å². The highest BCUT2D eigenvalue weighted by Crippen LogP contribution is 2.31. The van der Waals surface area contributed by atoms with E-state index in [1.807, 2.05) is 0 Å². The van der Waals surface area contributed by atoms with E-state index < -0.39 is 17.7 Å². The predicted octanol–water partition coefficient (Wildman–Crippen LogP) is 2.01. The van der Waals surface area contributed by atoms with Crippen molar-refractivity contribution in [3.8, 4) is 0 Å². The number of nitrogens with zero attached hydrogens (tertiary/aromatic N) is 1. The Labute approximate surface area is 117 Å². The minimum Gasteiger partial charge on any atom is -0.478 e. The molecule has 5 nitrogen and oxygen atoms in total. The Hall–Kier alpha value is -1.95. The minimum absolute atomic E-state index is 0.0617. The van der Waals surface area contributed by atoms with Gasteiger partial charge in [0.15, 0.2) is 0 Å². The molecule has 0 bridgehead atoms. The molecule has 0 aromatic heterocycles. The lowest BCUT2D eigenvalue weighted by Crippen LogP contribution is -2.30. The van der Waals surface area contributed by atoms with Crippen LogP contribution in [0.4, 0.5) is 5.69 Å². The third-order valence-electron chi connectivity index (χ3n) is 2.85. The molecular formula is C13H10BrNO4. The van der Waals surface area contributed by atoms with E-state index in [1.54, 1.807) is 18.2 Å². The number of rotatable bonds is 3. The van der Waals surface area contributed by atoms with Crippen molar-refractivity contribution in [2.75, 3.05) is 11.4 Å². The second-order valence-electron chi connectivity index (χ2n) is 4.10. The summed E-state index contributed by atoms with van der Waals surface area (Å²) >= 11 is 3.28. The Morgan fingerprint density at radius 1 is 1.42 bits per heavy atom. The highest BCUT2D eigenvalue weighted by molar-refractivity contribution is 9.10. The van der Waals surface area contributed by atoms with E-state index in [9.17, 15) is 14.4 Å². The van der Waals surface area contributed by atoms with Crippen molar-refractivity contribution in [3.05, 3.63) is 39.9 Å². The van der Waals surface area contributed by atoms with Gasteiger partial charge in [-0.05, 0) is 25.1 Å². The number of carbonyl (C=O) groups excluding carboxylic acids is 2. The summed E-state index contributed by atoms with van der Waals surface area (Å²) in [7, 11) is 0. The molecule has 0 atom stereocenters. The van der Waals surface area contributed by atoms with Crippen molar-refractivity contribution in [2.24, 2.45) is 0 Å². The first-order valence-corrected chi connectivity index (χ1v) is 6.27. The third kappa shape index (κ3) is 2.44. The molecule has 0 fully saturated rings. The summed E-state index contributed by atoms with van der Waals surface area (Å²) in [5, 5.41) is 8.77. The van der Waals surface area contributed by atoms with Crippen molar-refractivity contribution in [1.82, 2.24) is 0 Å². The Balaban J connectivity index is 2.36. The molecule has 1 aromatic carbocycles. The van der Waals surface area contributed by atoms with Gasteiger partial charge >= 0.3 is 5.97 Å². The maximum absolute atomic E-state index is 11.8. The molecule has 19 heavy (non-hydrogen) atoms. The minimum atomic E-state index is -1.05. The van der Waals surface area contributed by atoms with E-state index >= 15 is 0 Å². The summed E-state index contributed by atoms with van der Waals surface area (Å²) in [4.78, 5) is 35.6. The second-order valence-corrected chi connectivity index (χ2v) is 5.01. The van der Waals surface area contributed by atoms with Crippen LogP contribution in [0.25, 0.3) is 0 Å². The molecule has 1 heterocycles. The van der Waals surface area contributed by atoms with Gasteiger partial charge in [-0.3, -0.25) is 9.59 Å². The largest absolute Gasteiger partial charge is 0.478 e. The average molecular weight is 324 g/mol. The van der Waals surface area contributed by atoms with E-state index in [4.69, 9.17) is 5.11 Å². The molecule has 1 amide bonds. The maximum Gasteiger partial charge on any atom is 0.331 e. The molecule has 0 saturated heterocycles. The normalized spacial score (nSPS) is 14.8. The first-order valence-electron chi connectivity index (χ1n) is 5.47. The number of carboxylic acids is 1. The number of Topliss-reactive ketones (excluding diaryl/α,β-unsaturated/α-hetero) is 1. The van der Waals surface area contributed by atoms with Crippen molar-refractivity contribution in [3.63, 3.8) is 0 Å². The highest BCUT2D eigenvalue weighted by Gasteiger charge is 2.35. The fraction of sp³-hybridized carbons (Fsp3) is 0.154. The van der Waals surface area contributed by atoms with Crippen molar-refractivity contribution < 1.29 is 19.5 Å². The number of anilines is 1. The molecule has 0 aliphatic carbocycles. The number of aliphatic carboxylic acids is 1. The molecule has 6 heteroatoms. The van der Waals surface area contributed by atoms with Crippen LogP contribution in [0.2, 0.25) is 0 Å². The predicted molar refractivity (Wildman–Crippen MR) is 72.2 cm³/mol. The van der Waals surface area contributed by atoms with Crippen molar-refractivity contribution >= 4 is 39.3 Å². The van der Waals surface area contributed by atoms with E-state index in [-0.39, 0.29) is 12.1 Å². The van der Waals surface area contributed by atoms with E-state index in [1.165, 1.54) is 17.9 Å². The Morgan fingerprint density at radius 2 is 2.11 bits per heavy atom. The first kappa shape index (κ1) is 13.5. The number of amides is 1. The number of hydrogen-bond acceptors (Lipinski definition) is 3. The summed E-state index contributed by atoms with van der Waals surface area (Å²) in [6.07, 6.45) is 1.41. The second kappa shape index (κ2) is 4.97. The van der Waals surface area contributed by atoms with E-state index in [0.29, 0.717) is 11.3 Å². The summed E-state index contributed by atoms with van der Waals surface area (Å²) in [6.45, 7) is 1.50. The monoisotopic (exact) mass is 323 g/mol. The van der Waals surface area contributed by atoms with Gasteiger partial charge in [0.1, 0.15) is 0 Å². The van der Waals surface area contributed by atoms with Crippen LogP contribution in [0, 0.1) is 0 Å². The van der Waals surface area contributed by atoms with Gasteiger partial charge in [-0.2, -0.15) is 0 Å². The van der Waals surface area contributed by atoms with Gasteiger partial charge < -0.3 is 10.0 Å². The van der Waals surface area contributed by atoms with E-state index in [0.717, 1.165) is 4.47 Å². The smallest absolute Gasteiger partial charge is 0.331 e. The highest BCUT2D eigenvalue weighted by atomic mass is 79.9. The van der Waals surface area contributed by atoms with Crippen LogP contribution in [-0.4, -0.2) is 29.3 Å². The summed E-state index contributed by atoms with van der Waals surface area (Å²) in [6, 6.07) is 4.93. The van der Waals surface area contributed by atoms with Gasteiger partial charge in [-0.15, -0.1) is 0 Å². The van der Waals surface area contributed by atoms with Gasteiger partial charge in [0.25, 0.3) is 11.7 Å². The SMILES string of the molecule is CC(=CCN1C(=O)C(=O)c2ccc(Br)cc21)C(=O)O. The third-order valence-corrected chi connectivity index (χ3v) is 3.35. The molecule has 2 rings (SSSR count). The molecule has 1 aliphatic heterocycles. The van der Waals surface area contributed by atoms with Crippen LogP contribution in [0.15, 0.2) is 34.3 Å².